The molecule has 0 aliphatic carbocycles. The number of allylic oxidation sites excluding steroid dienone is 1. The van der Waals surface area contributed by atoms with Crippen molar-refractivity contribution >= 4 is 31.9 Å². The third kappa shape index (κ3) is 3.23. The summed E-state index contributed by atoms with van der Waals surface area (Å²) in [5, 5.41) is 0. The zero-order valence-electron chi connectivity index (χ0n) is 7.84. The number of hydrogen-bond acceptors (Lipinski definition) is 1. The molecule has 1 rings (SSSR count). The summed E-state index contributed by atoms with van der Waals surface area (Å²) >= 11 is 6.91. The lowest BCUT2D eigenvalue weighted by Crippen LogP contribution is -2.10. The standard InChI is InChI=1S/C11H13Br2N/c1-2-3-4-11(14)9-6-5-8(12)7-10(9)13/h2,5-7,11H,1,3-4,14H2. The summed E-state index contributed by atoms with van der Waals surface area (Å²) in [5.74, 6) is 0. The minimum atomic E-state index is 0.0791. The second-order valence-corrected chi connectivity index (χ2v) is 4.91. The molecule has 2 N–H and O–H groups in total. The largest absolute Gasteiger partial charge is 0.324 e. The van der Waals surface area contributed by atoms with Crippen LogP contribution in [0.15, 0.2) is 39.8 Å². The van der Waals surface area contributed by atoms with E-state index in [1.54, 1.807) is 0 Å². The molecule has 1 unspecified atom stereocenters. The summed E-state index contributed by atoms with van der Waals surface area (Å²) in [6.07, 6.45) is 3.78. The first-order valence-corrected chi connectivity index (χ1v) is 6.05. The molecular formula is C11H13Br2N. The van der Waals surface area contributed by atoms with Crippen LogP contribution in [0.5, 0.6) is 0 Å². The van der Waals surface area contributed by atoms with Gasteiger partial charge in [-0.15, -0.1) is 6.58 Å². The molecule has 0 saturated carbocycles. The number of benzene rings is 1. The second-order valence-electron chi connectivity index (χ2n) is 3.14. The zero-order valence-corrected chi connectivity index (χ0v) is 11.0. The molecule has 0 fully saturated rings. The summed E-state index contributed by atoms with van der Waals surface area (Å²) < 4.78 is 2.12. The van der Waals surface area contributed by atoms with Crippen LogP contribution in [0, 0.1) is 0 Å². The zero-order chi connectivity index (χ0) is 10.6. The van der Waals surface area contributed by atoms with Crippen LogP contribution >= 0.6 is 31.9 Å². The molecule has 0 aromatic heterocycles. The monoisotopic (exact) mass is 317 g/mol. The van der Waals surface area contributed by atoms with E-state index in [1.807, 2.05) is 24.3 Å². The quantitative estimate of drug-likeness (QED) is 0.828. The number of hydrogen-bond donors (Lipinski definition) is 1. The van der Waals surface area contributed by atoms with Gasteiger partial charge in [0.15, 0.2) is 0 Å². The van der Waals surface area contributed by atoms with Crippen molar-refractivity contribution in [1.29, 1.82) is 0 Å². The van der Waals surface area contributed by atoms with Crippen LogP contribution < -0.4 is 5.73 Å². The Morgan fingerprint density at radius 1 is 1.43 bits per heavy atom. The summed E-state index contributed by atoms with van der Waals surface area (Å²) in [6.45, 7) is 3.69. The van der Waals surface area contributed by atoms with Crippen LogP contribution in [0.3, 0.4) is 0 Å². The average molecular weight is 319 g/mol. The first kappa shape index (κ1) is 12.0. The lowest BCUT2D eigenvalue weighted by molar-refractivity contribution is 0.658. The summed E-state index contributed by atoms with van der Waals surface area (Å²) in [4.78, 5) is 0. The van der Waals surface area contributed by atoms with Gasteiger partial charge in [-0.2, -0.15) is 0 Å². The van der Waals surface area contributed by atoms with E-state index >= 15 is 0 Å². The highest BCUT2D eigenvalue weighted by molar-refractivity contribution is 9.11. The molecule has 0 bridgehead atoms. The molecule has 0 saturated heterocycles. The van der Waals surface area contributed by atoms with E-state index in [2.05, 4.69) is 38.4 Å². The molecule has 14 heavy (non-hydrogen) atoms. The van der Waals surface area contributed by atoms with Crippen LogP contribution in [-0.4, -0.2) is 0 Å². The van der Waals surface area contributed by atoms with Crippen LogP contribution in [0.25, 0.3) is 0 Å². The van der Waals surface area contributed by atoms with Crippen LogP contribution in [0.2, 0.25) is 0 Å². The Bertz CT molecular complexity index is 323. The van der Waals surface area contributed by atoms with Crippen molar-refractivity contribution in [2.75, 3.05) is 0 Å². The van der Waals surface area contributed by atoms with Crippen molar-refractivity contribution in [3.63, 3.8) is 0 Å². The van der Waals surface area contributed by atoms with Gasteiger partial charge < -0.3 is 5.73 Å². The van der Waals surface area contributed by atoms with E-state index in [0.717, 1.165) is 27.4 Å². The highest BCUT2D eigenvalue weighted by Gasteiger charge is 2.08. The maximum Gasteiger partial charge on any atom is 0.0309 e. The van der Waals surface area contributed by atoms with Crippen LogP contribution in [-0.2, 0) is 0 Å². The molecular weight excluding hydrogens is 306 g/mol. The van der Waals surface area contributed by atoms with Gasteiger partial charge in [0.25, 0.3) is 0 Å². The Balaban J connectivity index is 2.78. The fraction of sp³-hybridized carbons (Fsp3) is 0.273. The molecule has 76 valence electrons. The SMILES string of the molecule is C=CCCC(N)c1ccc(Br)cc1Br. The minimum absolute atomic E-state index is 0.0791. The van der Waals surface area contributed by atoms with Gasteiger partial charge in [-0.1, -0.05) is 44.0 Å². The lowest BCUT2D eigenvalue weighted by Gasteiger charge is -2.12. The fourth-order valence-electron chi connectivity index (χ4n) is 1.26. The predicted molar refractivity (Wildman–Crippen MR) is 68.2 cm³/mol. The van der Waals surface area contributed by atoms with Gasteiger partial charge in [0, 0.05) is 15.0 Å². The van der Waals surface area contributed by atoms with Crippen molar-refractivity contribution in [1.82, 2.24) is 0 Å². The molecule has 0 amide bonds. The summed E-state index contributed by atoms with van der Waals surface area (Å²) in [6, 6.07) is 6.15. The van der Waals surface area contributed by atoms with Gasteiger partial charge in [-0.3, -0.25) is 0 Å². The molecule has 3 heteroatoms. The van der Waals surface area contributed by atoms with Crippen LogP contribution in [0.1, 0.15) is 24.4 Å². The third-order valence-electron chi connectivity index (χ3n) is 2.04. The highest BCUT2D eigenvalue weighted by atomic mass is 79.9. The first-order chi connectivity index (χ1) is 6.65. The molecule has 0 heterocycles. The van der Waals surface area contributed by atoms with Gasteiger partial charge in [0.1, 0.15) is 0 Å². The maximum atomic E-state index is 6.04. The van der Waals surface area contributed by atoms with Crippen molar-refractivity contribution in [2.24, 2.45) is 5.73 Å². The van der Waals surface area contributed by atoms with Gasteiger partial charge >= 0.3 is 0 Å². The van der Waals surface area contributed by atoms with Crippen molar-refractivity contribution in [2.45, 2.75) is 18.9 Å². The molecule has 0 radical (unpaired) electrons. The van der Waals surface area contributed by atoms with E-state index < -0.39 is 0 Å². The Morgan fingerprint density at radius 3 is 2.71 bits per heavy atom. The fourth-order valence-corrected chi connectivity index (χ4v) is 2.60. The van der Waals surface area contributed by atoms with E-state index in [0.29, 0.717) is 0 Å². The number of halogens is 2. The average Bonchev–Trinajstić information content (AvgIpc) is 2.14. The molecule has 1 nitrogen and oxygen atoms in total. The Labute approximate surface area is 102 Å². The van der Waals surface area contributed by atoms with Gasteiger partial charge in [-0.05, 0) is 30.5 Å². The van der Waals surface area contributed by atoms with E-state index in [4.69, 9.17) is 5.73 Å². The van der Waals surface area contributed by atoms with E-state index in [-0.39, 0.29) is 6.04 Å². The number of nitrogens with two attached hydrogens (primary N) is 1. The Morgan fingerprint density at radius 2 is 2.14 bits per heavy atom. The van der Waals surface area contributed by atoms with Crippen molar-refractivity contribution in [3.8, 4) is 0 Å². The lowest BCUT2D eigenvalue weighted by atomic mass is 10.0. The highest BCUT2D eigenvalue weighted by Crippen LogP contribution is 2.27. The van der Waals surface area contributed by atoms with Gasteiger partial charge in [0.2, 0.25) is 0 Å². The second kappa shape index (κ2) is 5.69. The molecule has 1 aromatic carbocycles. The van der Waals surface area contributed by atoms with Crippen LogP contribution in [0.4, 0.5) is 0 Å². The smallest absolute Gasteiger partial charge is 0.0309 e. The Kier molecular flexibility index (Phi) is 4.85. The first-order valence-electron chi connectivity index (χ1n) is 4.46. The molecule has 0 aliphatic heterocycles. The molecule has 1 atom stereocenters. The molecule has 1 aromatic rings. The maximum absolute atomic E-state index is 6.04. The minimum Gasteiger partial charge on any atom is -0.324 e. The Hall–Kier alpha value is -0.120. The van der Waals surface area contributed by atoms with Gasteiger partial charge in [-0.25, -0.2) is 0 Å². The number of rotatable bonds is 4. The third-order valence-corrected chi connectivity index (χ3v) is 3.22. The summed E-state index contributed by atoms with van der Waals surface area (Å²) in [5.41, 5.74) is 7.19. The summed E-state index contributed by atoms with van der Waals surface area (Å²) in [7, 11) is 0. The van der Waals surface area contributed by atoms with E-state index in [1.165, 1.54) is 0 Å². The predicted octanol–water partition coefficient (Wildman–Crippen LogP) is 4.18. The van der Waals surface area contributed by atoms with Crippen molar-refractivity contribution in [3.05, 3.63) is 45.4 Å². The molecule has 0 spiro atoms. The topological polar surface area (TPSA) is 26.0 Å². The molecule has 0 aliphatic rings. The van der Waals surface area contributed by atoms with Crippen molar-refractivity contribution < 1.29 is 0 Å². The van der Waals surface area contributed by atoms with E-state index in [9.17, 15) is 0 Å². The normalized spacial score (nSPS) is 12.5. The van der Waals surface area contributed by atoms with Gasteiger partial charge in [0.05, 0.1) is 0 Å².